The fourth-order valence-corrected chi connectivity index (χ4v) is 12.9. The highest BCUT2D eigenvalue weighted by molar-refractivity contribution is 7.47. The van der Waals surface area contributed by atoms with Gasteiger partial charge in [0.05, 0.1) is 26.4 Å². The van der Waals surface area contributed by atoms with Gasteiger partial charge in [0.25, 0.3) is 0 Å². The van der Waals surface area contributed by atoms with E-state index >= 15 is 0 Å². The summed E-state index contributed by atoms with van der Waals surface area (Å²) in [6.07, 6.45) is 48.6. The number of aliphatic hydroxyl groups excluding tert-OH is 1. The lowest BCUT2D eigenvalue weighted by Crippen LogP contribution is -2.30. The molecule has 0 aliphatic heterocycles. The van der Waals surface area contributed by atoms with Crippen LogP contribution in [0.5, 0.6) is 0 Å². The fraction of sp³-hybridized carbons (Fsp3) is 0.947. The van der Waals surface area contributed by atoms with E-state index in [1.807, 2.05) is 0 Å². The van der Waals surface area contributed by atoms with E-state index in [4.69, 9.17) is 37.0 Å². The fourth-order valence-electron chi connectivity index (χ4n) is 11.3. The highest BCUT2D eigenvalue weighted by Gasteiger charge is 2.30. The molecule has 558 valence electrons. The van der Waals surface area contributed by atoms with Crippen molar-refractivity contribution in [3.63, 3.8) is 0 Å². The van der Waals surface area contributed by atoms with E-state index < -0.39 is 97.5 Å². The summed E-state index contributed by atoms with van der Waals surface area (Å²) in [5, 5.41) is 10.6. The van der Waals surface area contributed by atoms with Gasteiger partial charge in [0.2, 0.25) is 0 Å². The quantitative estimate of drug-likeness (QED) is 0.0222. The minimum atomic E-state index is -4.96. The van der Waals surface area contributed by atoms with Crippen LogP contribution < -0.4 is 0 Å². The molecule has 0 radical (unpaired) electrons. The van der Waals surface area contributed by atoms with Crippen molar-refractivity contribution in [2.45, 2.75) is 395 Å². The van der Waals surface area contributed by atoms with Gasteiger partial charge in [0.15, 0.2) is 12.2 Å². The van der Waals surface area contributed by atoms with Crippen LogP contribution in [0.4, 0.5) is 0 Å². The Morgan fingerprint density at radius 1 is 0.298 bits per heavy atom. The lowest BCUT2D eigenvalue weighted by Gasteiger charge is -2.21. The van der Waals surface area contributed by atoms with Crippen LogP contribution in [-0.4, -0.2) is 96.7 Å². The molecule has 0 aliphatic rings. The van der Waals surface area contributed by atoms with Gasteiger partial charge in [-0.05, 0) is 49.4 Å². The van der Waals surface area contributed by atoms with Crippen molar-refractivity contribution in [2.75, 3.05) is 39.6 Å². The zero-order chi connectivity index (χ0) is 69.6. The maximum absolute atomic E-state index is 13.1. The number of hydrogen-bond acceptors (Lipinski definition) is 15. The molecule has 6 atom stereocenters. The number of hydrogen-bond donors (Lipinski definition) is 3. The Morgan fingerprint density at radius 3 is 0.755 bits per heavy atom. The number of esters is 4. The number of ether oxygens (including phenoxy) is 4. The first-order valence-corrected chi connectivity index (χ1v) is 41.7. The monoisotopic (exact) mass is 1380 g/mol. The molecule has 0 heterocycles. The molecule has 4 unspecified atom stereocenters. The smallest absolute Gasteiger partial charge is 0.462 e. The van der Waals surface area contributed by atoms with Crippen LogP contribution >= 0.6 is 15.6 Å². The summed E-state index contributed by atoms with van der Waals surface area (Å²) >= 11 is 0. The molecule has 0 bridgehead atoms. The van der Waals surface area contributed by atoms with E-state index in [1.54, 1.807) is 0 Å². The van der Waals surface area contributed by atoms with Crippen LogP contribution in [0.25, 0.3) is 0 Å². The summed E-state index contributed by atoms with van der Waals surface area (Å²) in [5.41, 5.74) is 0. The van der Waals surface area contributed by atoms with E-state index in [0.29, 0.717) is 25.7 Å². The average molecular weight is 1380 g/mol. The van der Waals surface area contributed by atoms with E-state index in [0.717, 1.165) is 114 Å². The second-order valence-electron chi connectivity index (χ2n) is 28.7. The first-order chi connectivity index (χ1) is 45.1. The van der Waals surface area contributed by atoms with Crippen molar-refractivity contribution in [3.05, 3.63) is 0 Å². The predicted octanol–water partition coefficient (Wildman–Crippen LogP) is 21.7. The highest BCUT2D eigenvalue weighted by Crippen LogP contribution is 2.45. The second kappa shape index (κ2) is 64.4. The number of carbonyl (C=O) groups excluding carboxylic acids is 4. The van der Waals surface area contributed by atoms with Gasteiger partial charge >= 0.3 is 39.5 Å². The van der Waals surface area contributed by atoms with Crippen molar-refractivity contribution < 1.29 is 80.2 Å². The maximum atomic E-state index is 13.1. The first-order valence-electron chi connectivity index (χ1n) is 38.7. The Labute approximate surface area is 575 Å². The molecule has 0 aromatic heterocycles. The summed E-state index contributed by atoms with van der Waals surface area (Å²) in [6.45, 7) is 14.2. The molecule has 0 aromatic rings. The molecule has 3 N–H and O–H groups in total. The van der Waals surface area contributed by atoms with Gasteiger partial charge in [-0.25, -0.2) is 9.13 Å². The normalized spacial score (nSPS) is 14.4. The number of carbonyl (C=O) groups is 4. The SMILES string of the molecule is CCC(C)CCCCCCCCCCCCCCCCC(=O)OC[C@H](COP(=O)(O)OCC(O)COP(=O)(O)OC[C@@H](COC(=O)CCCCCCCCCCC(C)C)OC(=O)CCCCCCCCCCCCC(C)C)OC(=O)CCCCCCCCCCCC(C)C. The van der Waals surface area contributed by atoms with Gasteiger partial charge in [0, 0.05) is 25.7 Å². The predicted molar refractivity (Wildman–Crippen MR) is 381 cm³/mol. The summed E-state index contributed by atoms with van der Waals surface area (Å²) in [4.78, 5) is 72.8. The Bertz CT molecular complexity index is 1850. The van der Waals surface area contributed by atoms with Gasteiger partial charge in [-0.1, -0.05) is 325 Å². The highest BCUT2D eigenvalue weighted by atomic mass is 31.2. The van der Waals surface area contributed by atoms with Crippen LogP contribution in [0.3, 0.4) is 0 Å². The first kappa shape index (κ1) is 92.1. The molecule has 0 fully saturated rings. The largest absolute Gasteiger partial charge is 0.472 e. The zero-order valence-corrected chi connectivity index (χ0v) is 63.4. The number of phosphoric acid groups is 2. The van der Waals surface area contributed by atoms with Crippen LogP contribution in [-0.2, 0) is 65.4 Å². The molecule has 17 nitrogen and oxygen atoms in total. The molecular weight excluding hydrogens is 1230 g/mol. The molecule has 0 spiro atoms. The van der Waals surface area contributed by atoms with Crippen molar-refractivity contribution in [1.29, 1.82) is 0 Å². The molecule has 0 saturated heterocycles. The number of phosphoric ester groups is 2. The average Bonchev–Trinajstić information content (AvgIpc) is 3.40. The van der Waals surface area contributed by atoms with Gasteiger partial charge in [-0.2, -0.15) is 0 Å². The van der Waals surface area contributed by atoms with Crippen LogP contribution in [0.15, 0.2) is 0 Å². The van der Waals surface area contributed by atoms with E-state index in [-0.39, 0.29) is 25.7 Å². The molecule has 19 heteroatoms. The van der Waals surface area contributed by atoms with E-state index in [9.17, 15) is 43.2 Å². The summed E-state index contributed by atoms with van der Waals surface area (Å²) in [7, 11) is -9.91. The van der Waals surface area contributed by atoms with Crippen molar-refractivity contribution >= 4 is 39.5 Å². The van der Waals surface area contributed by atoms with E-state index in [2.05, 4.69) is 55.4 Å². The number of aliphatic hydroxyl groups is 1. The maximum Gasteiger partial charge on any atom is 0.472 e. The molecular formula is C75H146O17P2. The summed E-state index contributed by atoms with van der Waals surface area (Å²) < 4.78 is 68.5. The second-order valence-corrected chi connectivity index (χ2v) is 31.6. The van der Waals surface area contributed by atoms with Crippen molar-refractivity contribution in [1.82, 2.24) is 0 Å². The summed E-state index contributed by atoms with van der Waals surface area (Å²) in [5.74, 6) is 0.942. The van der Waals surface area contributed by atoms with Gasteiger partial charge in [-0.15, -0.1) is 0 Å². The number of rotatable bonds is 72. The van der Waals surface area contributed by atoms with Crippen molar-refractivity contribution in [2.24, 2.45) is 23.7 Å². The third-order valence-corrected chi connectivity index (χ3v) is 19.6. The topological polar surface area (TPSA) is 237 Å². The van der Waals surface area contributed by atoms with Gasteiger partial charge < -0.3 is 33.8 Å². The van der Waals surface area contributed by atoms with Crippen molar-refractivity contribution in [3.8, 4) is 0 Å². The van der Waals surface area contributed by atoms with Crippen LogP contribution in [0.1, 0.15) is 376 Å². The van der Waals surface area contributed by atoms with Gasteiger partial charge in [0.1, 0.15) is 19.3 Å². The molecule has 0 saturated carbocycles. The minimum Gasteiger partial charge on any atom is -0.462 e. The Morgan fingerprint density at radius 2 is 0.511 bits per heavy atom. The van der Waals surface area contributed by atoms with Crippen LogP contribution in [0.2, 0.25) is 0 Å². The molecule has 94 heavy (non-hydrogen) atoms. The Hall–Kier alpha value is -1.94. The third-order valence-electron chi connectivity index (χ3n) is 17.7. The molecule has 0 aromatic carbocycles. The minimum absolute atomic E-state index is 0.105. The molecule has 0 aliphatic carbocycles. The lowest BCUT2D eigenvalue weighted by atomic mass is 9.99. The summed E-state index contributed by atoms with van der Waals surface area (Å²) in [6, 6.07) is 0. The lowest BCUT2D eigenvalue weighted by molar-refractivity contribution is -0.161. The Balaban J connectivity index is 5.23. The van der Waals surface area contributed by atoms with Gasteiger partial charge in [-0.3, -0.25) is 37.3 Å². The standard InChI is InChI=1S/C75H146O17P2/c1-9-68(8)54-46-38-30-21-14-12-10-11-13-15-22-31-39-47-55-72(77)85-61-70(92-75(80)58-50-42-34-24-18-20-28-36-44-52-66(4)5)63-89-93(81,82)87-59-69(76)60-88-94(83,84)90-64-71(62-86-73(78)56-48-40-32-26-25-29-37-45-53-67(6)7)91-74(79)57-49-41-33-23-17-16-19-27-35-43-51-65(2)3/h65-71,76H,9-64H2,1-8H3,(H,81,82)(H,83,84)/t68?,69?,70-,71-/m1/s1. The molecule has 0 amide bonds. The van der Waals surface area contributed by atoms with E-state index in [1.165, 1.54) is 180 Å². The Kier molecular flexibility index (Phi) is 63.1. The van der Waals surface area contributed by atoms with Crippen LogP contribution in [0, 0.1) is 23.7 Å². The molecule has 0 rings (SSSR count). The zero-order valence-electron chi connectivity index (χ0n) is 61.6. The third kappa shape index (κ3) is 67.3. The number of unbranched alkanes of at least 4 members (excludes halogenated alkanes) is 37.